The van der Waals surface area contributed by atoms with Crippen LogP contribution in [-0.2, 0) is 3.42 Å². The Morgan fingerprint density at radius 1 is 0.727 bits per heavy atom. The van der Waals surface area contributed by atoms with Gasteiger partial charge in [-0.15, -0.1) is 0 Å². The summed E-state index contributed by atoms with van der Waals surface area (Å²) in [5, 5.41) is 0. The van der Waals surface area contributed by atoms with Crippen molar-refractivity contribution in [1.29, 1.82) is 0 Å². The molecule has 0 fully saturated rings. The minimum Gasteiger partial charge on any atom is -0.0678 e. The Balaban J connectivity index is 2.64. The van der Waals surface area contributed by atoms with Gasteiger partial charge in [-0.3, -0.25) is 0 Å². The summed E-state index contributed by atoms with van der Waals surface area (Å²) in [6.07, 6.45) is 4.93. The third-order valence-corrected chi connectivity index (χ3v) is 7.33. The van der Waals surface area contributed by atoms with E-state index >= 15 is 0 Å². The fourth-order valence-electron chi connectivity index (χ4n) is 3.77. The van der Waals surface area contributed by atoms with E-state index in [2.05, 4.69) is 104 Å². The van der Waals surface area contributed by atoms with Gasteiger partial charge in [-0.25, -0.2) is 0 Å². The summed E-state index contributed by atoms with van der Waals surface area (Å²) in [4.78, 5) is 0. The normalized spacial score (nSPS) is 12.4. The SMILES string of the molecule is CCCC(C)(CCC)C(I)(c1ccccc1)c1ccccc1. The van der Waals surface area contributed by atoms with Crippen molar-refractivity contribution < 1.29 is 0 Å². The van der Waals surface area contributed by atoms with Crippen molar-refractivity contribution in [2.45, 2.75) is 49.9 Å². The first kappa shape index (κ1) is 17.5. The zero-order valence-electron chi connectivity index (χ0n) is 14.0. The first-order valence-corrected chi connectivity index (χ1v) is 9.46. The van der Waals surface area contributed by atoms with Gasteiger partial charge in [0.2, 0.25) is 0 Å². The highest BCUT2D eigenvalue weighted by Gasteiger charge is 2.47. The van der Waals surface area contributed by atoms with Gasteiger partial charge in [0.1, 0.15) is 0 Å². The highest BCUT2D eigenvalue weighted by molar-refractivity contribution is 14.1. The minimum atomic E-state index is 0.0132. The molecule has 0 unspecified atom stereocenters. The zero-order chi connectivity index (χ0) is 16.1. The molecule has 22 heavy (non-hydrogen) atoms. The summed E-state index contributed by atoms with van der Waals surface area (Å²) in [5.41, 5.74) is 3.09. The molecule has 0 aliphatic heterocycles. The van der Waals surface area contributed by atoms with Gasteiger partial charge in [-0.1, -0.05) is 117 Å². The van der Waals surface area contributed by atoms with Crippen LogP contribution in [0.5, 0.6) is 0 Å². The van der Waals surface area contributed by atoms with Crippen LogP contribution in [0.2, 0.25) is 0 Å². The molecule has 2 aromatic carbocycles. The molecule has 0 aliphatic rings. The Hall–Kier alpha value is -0.830. The van der Waals surface area contributed by atoms with Gasteiger partial charge in [-0.05, 0) is 29.4 Å². The van der Waals surface area contributed by atoms with Crippen LogP contribution < -0.4 is 0 Å². The van der Waals surface area contributed by atoms with Gasteiger partial charge in [0.05, 0.1) is 3.42 Å². The van der Waals surface area contributed by atoms with Crippen LogP contribution in [0.1, 0.15) is 57.6 Å². The average molecular weight is 406 g/mol. The van der Waals surface area contributed by atoms with Crippen molar-refractivity contribution in [3.05, 3.63) is 71.8 Å². The molecule has 0 aliphatic carbocycles. The van der Waals surface area contributed by atoms with Crippen LogP contribution >= 0.6 is 22.6 Å². The second-order valence-electron chi connectivity index (χ2n) is 6.45. The molecule has 0 nitrogen and oxygen atoms in total. The Morgan fingerprint density at radius 2 is 1.09 bits per heavy atom. The summed E-state index contributed by atoms with van der Waals surface area (Å²) in [7, 11) is 0. The lowest BCUT2D eigenvalue weighted by Crippen LogP contribution is -2.40. The van der Waals surface area contributed by atoms with E-state index in [4.69, 9.17) is 0 Å². The molecule has 2 aromatic rings. The highest BCUT2D eigenvalue weighted by atomic mass is 127. The van der Waals surface area contributed by atoms with Crippen molar-refractivity contribution in [2.75, 3.05) is 0 Å². The molecule has 0 saturated heterocycles. The van der Waals surface area contributed by atoms with Gasteiger partial charge < -0.3 is 0 Å². The number of halogens is 1. The number of benzene rings is 2. The van der Waals surface area contributed by atoms with E-state index in [0.29, 0.717) is 0 Å². The van der Waals surface area contributed by atoms with Crippen molar-refractivity contribution in [2.24, 2.45) is 5.41 Å². The predicted octanol–water partition coefficient (Wildman–Crippen LogP) is 6.97. The van der Waals surface area contributed by atoms with Crippen molar-refractivity contribution in [3.8, 4) is 0 Å². The summed E-state index contributed by atoms with van der Waals surface area (Å²) in [6.45, 7) is 7.09. The van der Waals surface area contributed by atoms with Gasteiger partial charge in [0.15, 0.2) is 0 Å². The van der Waals surface area contributed by atoms with Crippen LogP contribution in [0.4, 0.5) is 0 Å². The summed E-state index contributed by atoms with van der Waals surface area (Å²) < 4.78 is 0.0132. The van der Waals surface area contributed by atoms with E-state index < -0.39 is 0 Å². The maximum atomic E-state index is 2.73. The molecule has 0 bridgehead atoms. The molecule has 0 saturated carbocycles. The molecular weight excluding hydrogens is 379 g/mol. The smallest absolute Gasteiger partial charge is 0.0678 e. The molecule has 0 atom stereocenters. The van der Waals surface area contributed by atoms with Gasteiger partial charge >= 0.3 is 0 Å². The number of hydrogen-bond acceptors (Lipinski definition) is 0. The number of hydrogen-bond donors (Lipinski definition) is 0. The zero-order valence-corrected chi connectivity index (χ0v) is 16.1. The van der Waals surface area contributed by atoms with Crippen molar-refractivity contribution in [1.82, 2.24) is 0 Å². The fourth-order valence-corrected chi connectivity index (χ4v) is 5.03. The van der Waals surface area contributed by atoms with E-state index in [9.17, 15) is 0 Å². The Labute approximate surface area is 149 Å². The predicted molar refractivity (Wildman–Crippen MR) is 106 cm³/mol. The van der Waals surface area contributed by atoms with E-state index in [-0.39, 0.29) is 8.84 Å². The molecule has 118 valence electrons. The molecule has 0 heterocycles. The van der Waals surface area contributed by atoms with E-state index in [1.165, 1.54) is 36.8 Å². The fraction of sp³-hybridized carbons (Fsp3) is 0.429. The lowest BCUT2D eigenvalue weighted by Gasteiger charge is -2.46. The maximum absolute atomic E-state index is 2.73. The van der Waals surface area contributed by atoms with Gasteiger partial charge in [0.25, 0.3) is 0 Å². The Morgan fingerprint density at radius 3 is 1.41 bits per heavy atom. The first-order chi connectivity index (χ1) is 10.6. The molecular formula is C21H27I. The van der Waals surface area contributed by atoms with Crippen LogP contribution in [-0.4, -0.2) is 0 Å². The van der Waals surface area contributed by atoms with E-state index in [1.807, 2.05) is 0 Å². The monoisotopic (exact) mass is 406 g/mol. The standard InChI is InChI=1S/C21H27I/c1-4-16-20(3,17-5-2)21(22,18-12-8-6-9-13-18)19-14-10-7-11-15-19/h6-15H,4-5,16-17H2,1-3H3. The summed E-state index contributed by atoms with van der Waals surface area (Å²) in [5.74, 6) is 0. The molecule has 1 heteroatoms. The topological polar surface area (TPSA) is 0 Å². The maximum Gasteiger partial charge on any atom is 0.0772 e. The highest BCUT2D eigenvalue weighted by Crippen LogP contribution is 2.56. The second-order valence-corrected chi connectivity index (χ2v) is 8.07. The van der Waals surface area contributed by atoms with Crippen molar-refractivity contribution >= 4 is 22.6 Å². The Bertz CT molecular complexity index is 513. The van der Waals surface area contributed by atoms with Crippen LogP contribution in [0.15, 0.2) is 60.7 Å². The lowest BCUT2D eigenvalue weighted by atomic mass is 9.65. The third kappa shape index (κ3) is 3.24. The first-order valence-electron chi connectivity index (χ1n) is 8.38. The minimum absolute atomic E-state index is 0.0132. The molecule has 0 spiro atoms. The van der Waals surface area contributed by atoms with E-state index in [0.717, 1.165) is 0 Å². The third-order valence-electron chi connectivity index (χ3n) is 4.78. The second kappa shape index (κ2) is 7.63. The van der Waals surface area contributed by atoms with Crippen LogP contribution in [0.25, 0.3) is 0 Å². The van der Waals surface area contributed by atoms with Crippen LogP contribution in [0.3, 0.4) is 0 Å². The van der Waals surface area contributed by atoms with Gasteiger partial charge in [0, 0.05) is 0 Å². The average Bonchev–Trinajstić information content (AvgIpc) is 2.56. The van der Waals surface area contributed by atoms with Gasteiger partial charge in [-0.2, -0.15) is 0 Å². The molecule has 0 aromatic heterocycles. The summed E-state index contributed by atoms with van der Waals surface area (Å²) in [6, 6.07) is 22.1. The lowest BCUT2D eigenvalue weighted by molar-refractivity contribution is 0.218. The largest absolute Gasteiger partial charge is 0.0772 e. The molecule has 0 radical (unpaired) electrons. The number of rotatable bonds is 7. The van der Waals surface area contributed by atoms with Crippen molar-refractivity contribution in [3.63, 3.8) is 0 Å². The quantitative estimate of drug-likeness (QED) is 0.344. The number of alkyl halides is 1. The van der Waals surface area contributed by atoms with Crippen LogP contribution in [0, 0.1) is 5.41 Å². The molecule has 0 N–H and O–H groups in total. The summed E-state index contributed by atoms with van der Waals surface area (Å²) >= 11 is 2.73. The molecule has 0 amide bonds. The Kier molecular flexibility index (Phi) is 6.08. The van der Waals surface area contributed by atoms with E-state index in [1.54, 1.807) is 0 Å². The molecule has 2 rings (SSSR count).